The van der Waals surface area contributed by atoms with Crippen LogP contribution in [0.3, 0.4) is 0 Å². The van der Waals surface area contributed by atoms with Crippen molar-refractivity contribution in [2.45, 2.75) is 12.8 Å². The van der Waals surface area contributed by atoms with Crippen LogP contribution in [0.1, 0.15) is 12.8 Å². The average molecular weight is 283 g/mol. The van der Waals surface area contributed by atoms with Gasteiger partial charge in [-0.2, -0.15) is 12.8 Å². The summed E-state index contributed by atoms with van der Waals surface area (Å²) in [6, 6.07) is 0. The summed E-state index contributed by atoms with van der Waals surface area (Å²) in [5, 5.41) is 6.89. The fourth-order valence-corrected chi connectivity index (χ4v) is 0.879. The minimum Gasteiger partial charge on any atom is -0.483 e. The van der Waals surface area contributed by atoms with Crippen LogP contribution < -0.4 is 0 Å². The summed E-state index contributed by atoms with van der Waals surface area (Å²) < 4.78 is 0. The molecule has 0 amide bonds. The second-order valence-electron chi connectivity index (χ2n) is 2.27. The first kappa shape index (κ1) is 14.2. The van der Waals surface area contributed by atoms with Crippen LogP contribution in [0.2, 0.25) is 0 Å². The maximum absolute atomic E-state index is 8.36. The standard InChI is InChI=1S/C6H12N.CH2O2.La/c1-7-5-3-2-4-6-7;2-1-3;/h2H,3-6H2,1H3;1H,(H,2,3);/q-1;;. The summed E-state index contributed by atoms with van der Waals surface area (Å²) in [6.45, 7) is 2.28. The quantitative estimate of drug-likeness (QED) is 0.523. The molecule has 0 atom stereocenters. The molecule has 0 aliphatic carbocycles. The second-order valence-corrected chi connectivity index (χ2v) is 2.27. The fraction of sp³-hybridized carbons (Fsp3) is 0.714. The average Bonchev–Trinajstić information content (AvgIpc) is 1.91. The number of rotatable bonds is 0. The number of hydrogen-bond donors (Lipinski definition) is 1. The number of nitrogens with zero attached hydrogens (tertiary/aromatic N) is 1. The summed E-state index contributed by atoms with van der Waals surface area (Å²) >= 11 is 0. The molecule has 1 rings (SSSR count). The first-order chi connectivity index (χ1) is 4.81. The van der Waals surface area contributed by atoms with Crippen LogP contribution in [-0.4, -0.2) is 36.6 Å². The number of carbonyl (C=O) groups is 1. The molecule has 1 heterocycles. The van der Waals surface area contributed by atoms with Crippen molar-refractivity contribution < 1.29 is 45.5 Å². The predicted molar refractivity (Wildman–Crippen MR) is 39.7 cm³/mol. The van der Waals surface area contributed by atoms with E-state index in [1.807, 2.05) is 0 Å². The molecule has 0 aromatic rings. The van der Waals surface area contributed by atoms with Crippen LogP contribution >= 0.6 is 0 Å². The Balaban J connectivity index is 0. The van der Waals surface area contributed by atoms with Crippen molar-refractivity contribution in [1.29, 1.82) is 0 Å². The van der Waals surface area contributed by atoms with E-state index in [1.54, 1.807) is 0 Å². The molecular weight excluding hydrogens is 269 g/mol. The summed E-state index contributed by atoms with van der Waals surface area (Å²) in [4.78, 5) is 10.7. The van der Waals surface area contributed by atoms with Crippen molar-refractivity contribution >= 4 is 6.47 Å². The zero-order valence-electron chi connectivity index (χ0n) is 6.86. The molecule has 1 saturated heterocycles. The van der Waals surface area contributed by atoms with E-state index in [0.717, 1.165) is 0 Å². The first-order valence-corrected chi connectivity index (χ1v) is 3.39. The molecular formula is C7H14LaNO2-. The van der Waals surface area contributed by atoms with Crippen LogP contribution in [0.4, 0.5) is 0 Å². The van der Waals surface area contributed by atoms with Crippen molar-refractivity contribution in [2.24, 2.45) is 0 Å². The van der Waals surface area contributed by atoms with Gasteiger partial charge in [0.25, 0.3) is 6.47 Å². The van der Waals surface area contributed by atoms with Gasteiger partial charge >= 0.3 is 0 Å². The van der Waals surface area contributed by atoms with E-state index in [-0.39, 0.29) is 42.1 Å². The third-order valence-corrected chi connectivity index (χ3v) is 1.43. The minimum atomic E-state index is -0.250. The molecule has 0 bridgehead atoms. The summed E-state index contributed by atoms with van der Waals surface area (Å²) in [6.07, 6.45) is 4.94. The summed E-state index contributed by atoms with van der Waals surface area (Å²) in [7, 11) is 2.17. The Kier molecular flexibility index (Phi) is 13.7. The minimum absolute atomic E-state index is 0. The van der Waals surface area contributed by atoms with Crippen LogP contribution in [0.5, 0.6) is 0 Å². The molecule has 1 aliphatic heterocycles. The van der Waals surface area contributed by atoms with Gasteiger partial charge in [-0.05, 0) is 20.1 Å². The third kappa shape index (κ3) is 10.6. The third-order valence-electron chi connectivity index (χ3n) is 1.43. The maximum atomic E-state index is 8.36. The van der Waals surface area contributed by atoms with E-state index in [2.05, 4.69) is 18.4 Å². The SMILES string of the molecule is CN1CC[CH-]CC1.O=CO.[La]. The molecule has 4 heteroatoms. The number of piperidine rings is 1. The maximum Gasteiger partial charge on any atom is 0.290 e. The smallest absolute Gasteiger partial charge is 0.290 e. The van der Waals surface area contributed by atoms with Gasteiger partial charge in [0.1, 0.15) is 0 Å². The van der Waals surface area contributed by atoms with Crippen LogP contribution in [0.15, 0.2) is 0 Å². The zero-order valence-corrected chi connectivity index (χ0v) is 10.5. The molecule has 0 aromatic carbocycles. The Morgan fingerprint density at radius 3 is 2.00 bits per heavy atom. The molecule has 11 heavy (non-hydrogen) atoms. The fourth-order valence-electron chi connectivity index (χ4n) is 0.879. The Morgan fingerprint density at radius 2 is 1.82 bits per heavy atom. The van der Waals surface area contributed by atoms with Crippen molar-refractivity contribution in [2.75, 3.05) is 20.1 Å². The molecule has 63 valence electrons. The molecule has 0 spiro atoms. The summed E-state index contributed by atoms with van der Waals surface area (Å²) in [5.41, 5.74) is 0. The van der Waals surface area contributed by atoms with E-state index in [9.17, 15) is 0 Å². The van der Waals surface area contributed by atoms with Gasteiger partial charge in [-0.15, -0.1) is 0 Å². The van der Waals surface area contributed by atoms with Gasteiger partial charge in [0.05, 0.1) is 0 Å². The van der Waals surface area contributed by atoms with Crippen molar-refractivity contribution in [3.8, 4) is 0 Å². The van der Waals surface area contributed by atoms with Crippen LogP contribution in [0.25, 0.3) is 0 Å². The van der Waals surface area contributed by atoms with Crippen LogP contribution in [-0.2, 0) is 4.79 Å². The van der Waals surface area contributed by atoms with Gasteiger partial charge in [0.2, 0.25) is 0 Å². The molecule has 1 fully saturated rings. The topological polar surface area (TPSA) is 40.5 Å². The van der Waals surface area contributed by atoms with Crippen molar-refractivity contribution in [1.82, 2.24) is 4.90 Å². The van der Waals surface area contributed by atoms with Crippen LogP contribution in [0, 0.1) is 42.0 Å². The predicted octanol–water partition coefficient (Wildman–Crippen LogP) is 0.617. The number of likely N-dealkylation sites (tertiary alicyclic amines) is 1. The van der Waals surface area contributed by atoms with Gasteiger partial charge in [-0.1, -0.05) is 0 Å². The monoisotopic (exact) mass is 283 g/mol. The molecule has 1 N–H and O–H groups in total. The Labute approximate surface area is 95.7 Å². The van der Waals surface area contributed by atoms with Gasteiger partial charge in [-0.25, -0.2) is 0 Å². The molecule has 3 nitrogen and oxygen atoms in total. The van der Waals surface area contributed by atoms with E-state index in [1.165, 1.54) is 25.9 Å². The molecule has 1 radical (unpaired) electrons. The molecule has 0 unspecified atom stereocenters. The second kappa shape index (κ2) is 10.6. The summed E-state index contributed by atoms with van der Waals surface area (Å²) in [5.74, 6) is 0. The Morgan fingerprint density at radius 1 is 1.45 bits per heavy atom. The molecule has 0 aromatic heterocycles. The molecule has 0 saturated carbocycles. The van der Waals surface area contributed by atoms with Gasteiger partial charge in [0, 0.05) is 35.6 Å². The first-order valence-electron chi connectivity index (χ1n) is 3.39. The zero-order chi connectivity index (χ0) is 7.82. The Hall–Kier alpha value is 0.625. The van der Waals surface area contributed by atoms with E-state index in [4.69, 9.17) is 9.90 Å². The van der Waals surface area contributed by atoms with Crippen molar-refractivity contribution in [3.05, 3.63) is 6.42 Å². The Bertz CT molecular complexity index is 84.5. The van der Waals surface area contributed by atoms with Gasteiger partial charge in [0.15, 0.2) is 0 Å². The van der Waals surface area contributed by atoms with E-state index >= 15 is 0 Å². The van der Waals surface area contributed by atoms with Gasteiger partial charge in [-0.3, -0.25) is 4.79 Å². The molecule has 1 aliphatic rings. The van der Waals surface area contributed by atoms with E-state index < -0.39 is 0 Å². The van der Waals surface area contributed by atoms with Gasteiger partial charge < -0.3 is 16.4 Å². The van der Waals surface area contributed by atoms with Crippen molar-refractivity contribution in [3.63, 3.8) is 0 Å². The van der Waals surface area contributed by atoms with E-state index in [0.29, 0.717) is 0 Å². The largest absolute Gasteiger partial charge is 0.483 e. The number of hydrogen-bond acceptors (Lipinski definition) is 2. The normalized spacial score (nSPS) is 17.2. The number of carboxylic acid groups (broad SMARTS) is 1.